The molecule has 0 atom stereocenters. The lowest BCUT2D eigenvalue weighted by Gasteiger charge is -2.03. The van der Waals surface area contributed by atoms with E-state index in [9.17, 15) is 5.11 Å². The third kappa shape index (κ3) is 2.49. The van der Waals surface area contributed by atoms with Gasteiger partial charge in [0.15, 0.2) is 0 Å². The highest BCUT2D eigenvalue weighted by molar-refractivity contribution is 7.15. The Balaban J connectivity index is 1.99. The zero-order valence-electron chi connectivity index (χ0n) is 8.97. The maximum Gasteiger partial charge on any atom is 0.205 e. The molecule has 0 aliphatic carbocycles. The number of hydrogen-bond acceptors (Lipinski definition) is 5. The first-order chi connectivity index (χ1) is 7.79. The number of phenolic OH excluding ortho intramolecular Hbond substituents is 1. The lowest BCUT2D eigenvalue weighted by molar-refractivity contribution is 0.469. The molecule has 0 radical (unpaired) electrons. The van der Waals surface area contributed by atoms with Crippen molar-refractivity contribution in [2.75, 3.05) is 5.32 Å². The number of para-hydroxylation sites is 1. The summed E-state index contributed by atoms with van der Waals surface area (Å²) in [6, 6.07) is 7.26. The molecule has 0 bridgehead atoms. The van der Waals surface area contributed by atoms with E-state index in [0.717, 1.165) is 22.1 Å². The molecule has 0 fully saturated rings. The van der Waals surface area contributed by atoms with E-state index in [-0.39, 0.29) is 0 Å². The van der Waals surface area contributed by atoms with Crippen LogP contribution in [-0.2, 0) is 13.0 Å². The van der Waals surface area contributed by atoms with Gasteiger partial charge in [0.2, 0.25) is 5.13 Å². The molecule has 0 amide bonds. The number of phenols is 1. The predicted molar refractivity (Wildman–Crippen MR) is 64.7 cm³/mol. The first-order valence-corrected chi connectivity index (χ1v) is 5.94. The quantitative estimate of drug-likeness (QED) is 0.854. The van der Waals surface area contributed by atoms with Gasteiger partial charge < -0.3 is 10.4 Å². The number of aryl methyl sites for hydroxylation is 1. The van der Waals surface area contributed by atoms with Crippen molar-refractivity contribution in [2.45, 2.75) is 19.9 Å². The molecule has 0 saturated heterocycles. The molecule has 2 rings (SSSR count). The second-order valence-corrected chi connectivity index (χ2v) is 4.40. The molecule has 5 heteroatoms. The minimum atomic E-state index is 0.301. The number of aromatic nitrogens is 2. The van der Waals surface area contributed by atoms with E-state index in [4.69, 9.17) is 0 Å². The number of benzene rings is 1. The summed E-state index contributed by atoms with van der Waals surface area (Å²) >= 11 is 1.54. The standard InChI is InChI=1S/C11H13N3OS/c1-2-10-13-14-11(16-10)12-7-8-5-3-4-6-9(8)15/h3-6,15H,2,7H2,1H3,(H,12,14). The molecule has 1 aromatic carbocycles. The summed E-state index contributed by atoms with van der Waals surface area (Å²) in [4.78, 5) is 0. The first kappa shape index (κ1) is 10.9. The summed E-state index contributed by atoms with van der Waals surface area (Å²) in [7, 11) is 0. The van der Waals surface area contributed by atoms with Gasteiger partial charge in [-0.15, -0.1) is 10.2 Å². The third-order valence-corrected chi connectivity index (χ3v) is 3.22. The Kier molecular flexibility index (Phi) is 3.36. The SMILES string of the molecule is CCc1nnc(NCc2ccccc2O)s1. The van der Waals surface area contributed by atoms with Crippen LogP contribution in [0.3, 0.4) is 0 Å². The number of hydrogen-bond donors (Lipinski definition) is 2. The number of rotatable bonds is 4. The molecule has 2 aromatic rings. The number of aromatic hydroxyl groups is 1. The zero-order chi connectivity index (χ0) is 11.4. The number of anilines is 1. The van der Waals surface area contributed by atoms with Gasteiger partial charge in [0.1, 0.15) is 10.8 Å². The molecular weight excluding hydrogens is 222 g/mol. The van der Waals surface area contributed by atoms with Crippen molar-refractivity contribution in [3.05, 3.63) is 34.8 Å². The Morgan fingerprint density at radius 1 is 1.31 bits per heavy atom. The van der Waals surface area contributed by atoms with Crippen LogP contribution in [0.5, 0.6) is 5.75 Å². The van der Waals surface area contributed by atoms with Gasteiger partial charge >= 0.3 is 0 Å². The minimum absolute atomic E-state index is 0.301. The van der Waals surface area contributed by atoms with Gasteiger partial charge in [-0.3, -0.25) is 0 Å². The van der Waals surface area contributed by atoms with Crippen molar-refractivity contribution in [3.63, 3.8) is 0 Å². The molecule has 2 N–H and O–H groups in total. The van der Waals surface area contributed by atoms with Crippen LogP contribution in [0.1, 0.15) is 17.5 Å². The highest BCUT2D eigenvalue weighted by Crippen LogP contribution is 2.19. The molecular formula is C11H13N3OS. The van der Waals surface area contributed by atoms with Crippen LogP contribution in [0.25, 0.3) is 0 Å². The molecule has 0 aliphatic rings. The summed E-state index contributed by atoms with van der Waals surface area (Å²) in [5.41, 5.74) is 0.857. The van der Waals surface area contributed by atoms with Crippen LogP contribution in [0.2, 0.25) is 0 Å². The van der Waals surface area contributed by atoms with Crippen molar-refractivity contribution < 1.29 is 5.11 Å². The summed E-state index contributed by atoms with van der Waals surface area (Å²) < 4.78 is 0. The van der Waals surface area contributed by atoms with Gasteiger partial charge in [0, 0.05) is 12.1 Å². The second-order valence-electron chi connectivity index (χ2n) is 3.34. The molecule has 1 heterocycles. The summed E-state index contributed by atoms with van der Waals surface area (Å²) in [5.74, 6) is 0.301. The van der Waals surface area contributed by atoms with Crippen molar-refractivity contribution in [1.82, 2.24) is 10.2 Å². The monoisotopic (exact) mass is 235 g/mol. The Labute approximate surface area is 98.0 Å². The molecule has 0 spiro atoms. The molecule has 4 nitrogen and oxygen atoms in total. The van der Waals surface area contributed by atoms with Gasteiger partial charge in [0.05, 0.1) is 0 Å². The summed E-state index contributed by atoms with van der Waals surface area (Å²) in [5, 5.41) is 22.5. The molecule has 16 heavy (non-hydrogen) atoms. The predicted octanol–water partition coefficient (Wildman–Crippen LogP) is 2.42. The molecule has 84 valence electrons. The van der Waals surface area contributed by atoms with Crippen molar-refractivity contribution in [3.8, 4) is 5.75 Å². The molecule has 0 saturated carbocycles. The van der Waals surface area contributed by atoms with E-state index in [1.165, 1.54) is 0 Å². The average Bonchev–Trinajstić information content (AvgIpc) is 2.76. The van der Waals surface area contributed by atoms with Crippen LogP contribution in [0.4, 0.5) is 5.13 Å². The number of nitrogens with zero attached hydrogens (tertiary/aromatic N) is 2. The molecule has 0 unspecified atom stereocenters. The van der Waals surface area contributed by atoms with Gasteiger partial charge in [0.25, 0.3) is 0 Å². The van der Waals surface area contributed by atoms with E-state index in [1.807, 2.05) is 19.1 Å². The van der Waals surface area contributed by atoms with Gasteiger partial charge in [-0.05, 0) is 12.5 Å². The lowest BCUT2D eigenvalue weighted by atomic mass is 10.2. The van der Waals surface area contributed by atoms with Crippen molar-refractivity contribution in [2.24, 2.45) is 0 Å². The lowest BCUT2D eigenvalue weighted by Crippen LogP contribution is -1.98. The van der Waals surface area contributed by atoms with E-state index in [1.54, 1.807) is 23.5 Å². The van der Waals surface area contributed by atoms with E-state index >= 15 is 0 Å². The number of nitrogens with one attached hydrogen (secondary N) is 1. The Hall–Kier alpha value is -1.62. The molecule has 0 aliphatic heterocycles. The van der Waals surface area contributed by atoms with Crippen LogP contribution in [0, 0.1) is 0 Å². The molecule has 1 aromatic heterocycles. The van der Waals surface area contributed by atoms with Gasteiger partial charge in [-0.2, -0.15) is 0 Å². The maximum absolute atomic E-state index is 9.57. The fourth-order valence-electron chi connectivity index (χ4n) is 1.30. The van der Waals surface area contributed by atoms with E-state index < -0.39 is 0 Å². The van der Waals surface area contributed by atoms with Crippen molar-refractivity contribution >= 4 is 16.5 Å². The maximum atomic E-state index is 9.57. The summed E-state index contributed by atoms with van der Waals surface area (Å²) in [6.45, 7) is 2.61. The van der Waals surface area contributed by atoms with Crippen LogP contribution < -0.4 is 5.32 Å². The van der Waals surface area contributed by atoms with Crippen LogP contribution >= 0.6 is 11.3 Å². The highest BCUT2D eigenvalue weighted by atomic mass is 32.1. The van der Waals surface area contributed by atoms with Gasteiger partial charge in [-0.1, -0.05) is 36.5 Å². The topological polar surface area (TPSA) is 58.0 Å². The van der Waals surface area contributed by atoms with E-state index in [2.05, 4.69) is 15.5 Å². The van der Waals surface area contributed by atoms with Crippen LogP contribution in [-0.4, -0.2) is 15.3 Å². The van der Waals surface area contributed by atoms with Gasteiger partial charge in [-0.25, -0.2) is 0 Å². The fourth-order valence-corrected chi connectivity index (χ4v) is 1.97. The smallest absolute Gasteiger partial charge is 0.205 e. The minimum Gasteiger partial charge on any atom is -0.508 e. The Morgan fingerprint density at radius 2 is 2.12 bits per heavy atom. The first-order valence-electron chi connectivity index (χ1n) is 5.12. The summed E-state index contributed by atoms with van der Waals surface area (Å²) in [6.07, 6.45) is 0.899. The average molecular weight is 235 g/mol. The largest absolute Gasteiger partial charge is 0.508 e. The Morgan fingerprint density at radius 3 is 2.81 bits per heavy atom. The van der Waals surface area contributed by atoms with Crippen molar-refractivity contribution in [1.29, 1.82) is 0 Å². The van der Waals surface area contributed by atoms with Crippen LogP contribution in [0.15, 0.2) is 24.3 Å². The highest BCUT2D eigenvalue weighted by Gasteiger charge is 2.03. The Bertz CT molecular complexity index is 470. The zero-order valence-corrected chi connectivity index (χ0v) is 9.79. The normalized spacial score (nSPS) is 10.3. The fraction of sp³-hybridized carbons (Fsp3) is 0.273. The second kappa shape index (κ2) is 4.94. The van der Waals surface area contributed by atoms with E-state index in [0.29, 0.717) is 12.3 Å². The third-order valence-electron chi connectivity index (χ3n) is 2.19.